The van der Waals surface area contributed by atoms with Crippen molar-refractivity contribution >= 4 is 21.9 Å². The molecule has 2 rings (SSSR count). The molecule has 1 aliphatic heterocycles. The maximum atomic E-state index is 11.5. The Labute approximate surface area is 147 Å². The largest absolute Gasteiger partial charge is 0.478 e. The van der Waals surface area contributed by atoms with Gasteiger partial charge in [-0.1, -0.05) is 6.08 Å². The zero-order valence-electron chi connectivity index (χ0n) is 14.4. The number of carboxylic acids is 1. The zero-order chi connectivity index (χ0) is 18.8. The highest BCUT2D eigenvalue weighted by Gasteiger charge is 2.38. The van der Waals surface area contributed by atoms with E-state index in [4.69, 9.17) is 5.73 Å². The van der Waals surface area contributed by atoms with E-state index in [1.807, 2.05) is 4.90 Å². The number of nitrogens with one attached hydrogen (secondary N) is 2. The van der Waals surface area contributed by atoms with E-state index >= 15 is 0 Å². The number of carbonyl (C=O) groups is 2. The minimum absolute atomic E-state index is 0.176. The smallest absolute Gasteiger partial charge is 0.331 e. The third kappa shape index (κ3) is 5.50. The van der Waals surface area contributed by atoms with Crippen LogP contribution in [0.3, 0.4) is 0 Å². The van der Waals surface area contributed by atoms with Crippen LogP contribution in [0.2, 0.25) is 0 Å². The molecule has 1 aliphatic carbocycles. The van der Waals surface area contributed by atoms with Gasteiger partial charge in [0.25, 0.3) is 0 Å². The molecular formula is C15H26N4O5S. The summed E-state index contributed by atoms with van der Waals surface area (Å²) in [6.07, 6.45) is 4.40. The van der Waals surface area contributed by atoms with E-state index in [9.17, 15) is 23.1 Å². The van der Waals surface area contributed by atoms with Crippen molar-refractivity contribution in [2.45, 2.75) is 50.4 Å². The lowest BCUT2D eigenvalue weighted by atomic mass is 9.85. The second-order valence-corrected chi connectivity index (χ2v) is 8.59. The summed E-state index contributed by atoms with van der Waals surface area (Å²) in [7, 11) is -3.33. The van der Waals surface area contributed by atoms with Crippen molar-refractivity contribution in [2.24, 2.45) is 5.73 Å². The number of hydrogen-bond acceptors (Lipinski definition) is 6. The minimum Gasteiger partial charge on any atom is -0.478 e. The van der Waals surface area contributed by atoms with E-state index in [2.05, 4.69) is 10.0 Å². The van der Waals surface area contributed by atoms with Gasteiger partial charge in [-0.3, -0.25) is 9.69 Å². The molecule has 2 aliphatic rings. The van der Waals surface area contributed by atoms with Crippen molar-refractivity contribution in [3.05, 3.63) is 11.6 Å². The maximum absolute atomic E-state index is 11.5. The Morgan fingerprint density at radius 3 is 2.64 bits per heavy atom. The van der Waals surface area contributed by atoms with Gasteiger partial charge in [0.15, 0.2) is 0 Å². The first-order chi connectivity index (χ1) is 11.6. The van der Waals surface area contributed by atoms with E-state index < -0.39 is 28.1 Å². The van der Waals surface area contributed by atoms with E-state index in [1.165, 1.54) is 6.92 Å². The monoisotopic (exact) mass is 374 g/mol. The number of aliphatic carboxylic acids is 1. The molecule has 0 saturated carbocycles. The average Bonchev–Trinajstić information content (AvgIpc) is 2.47. The SMILES string of the molecule is CC(=O)N[C@H]1[C@H](N2CCC[C@H](NS(C)(=O)=O)C2)C=C(C(=O)O)C[C@@H]1N. The molecule has 9 nitrogen and oxygen atoms in total. The first kappa shape index (κ1) is 19.8. The van der Waals surface area contributed by atoms with Crippen LogP contribution in [0.1, 0.15) is 26.2 Å². The summed E-state index contributed by atoms with van der Waals surface area (Å²) < 4.78 is 25.6. The number of piperidine rings is 1. The van der Waals surface area contributed by atoms with E-state index in [1.54, 1.807) is 6.08 Å². The van der Waals surface area contributed by atoms with Crippen LogP contribution in [-0.4, -0.2) is 73.8 Å². The van der Waals surface area contributed by atoms with Crippen molar-refractivity contribution in [3.8, 4) is 0 Å². The molecule has 5 N–H and O–H groups in total. The van der Waals surface area contributed by atoms with Gasteiger partial charge in [0.1, 0.15) is 0 Å². The Morgan fingerprint density at radius 2 is 2.08 bits per heavy atom. The van der Waals surface area contributed by atoms with Crippen LogP contribution in [0, 0.1) is 0 Å². The van der Waals surface area contributed by atoms with Crippen LogP contribution < -0.4 is 15.8 Å². The fourth-order valence-electron chi connectivity index (χ4n) is 3.61. The van der Waals surface area contributed by atoms with Gasteiger partial charge in [-0.25, -0.2) is 17.9 Å². The van der Waals surface area contributed by atoms with Crippen LogP contribution in [0.25, 0.3) is 0 Å². The molecule has 1 amide bonds. The highest BCUT2D eigenvalue weighted by atomic mass is 32.2. The maximum Gasteiger partial charge on any atom is 0.331 e. The molecule has 25 heavy (non-hydrogen) atoms. The molecule has 0 aromatic heterocycles. The third-order valence-corrected chi connectivity index (χ3v) is 5.32. The molecule has 0 spiro atoms. The number of carbonyl (C=O) groups excluding carboxylic acids is 1. The predicted octanol–water partition coefficient (Wildman–Crippen LogP) is -1.38. The van der Waals surface area contributed by atoms with Crippen LogP contribution in [0.4, 0.5) is 0 Å². The Balaban J connectivity index is 2.24. The van der Waals surface area contributed by atoms with E-state index in [0.29, 0.717) is 19.5 Å². The molecule has 4 atom stereocenters. The molecule has 0 aromatic rings. The summed E-state index contributed by atoms with van der Waals surface area (Å²) >= 11 is 0. The fraction of sp³-hybridized carbons (Fsp3) is 0.733. The normalized spacial score (nSPS) is 31.2. The quantitative estimate of drug-likeness (QED) is 0.464. The minimum atomic E-state index is -3.33. The fourth-order valence-corrected chi connectivity index (χ4v) is 4.40. The summed E-state index contributed by atoms with van der Waals surface area (Å²) in [6.45, 7) is 2.51. The summed E-state index contributed by atoms with van der Waals surface area (Å²) in [5.41, 5.74) is 6.35. The number of nitrogens with two attached hydrogens (primary N) is 1. The van der Waals surface area contributed by atoms with Gasteiger partial charge >= 0.3 is 5.97 Å². The number of rotatable bonds is 5. The van der Waals surface area contributed by atoms with Crippen LogP contribution in [0.5, 0.6) is 0 Å². The lowest BCUT2D eigenvalue weighted by Gasteiger charge is -2.44. The van der Waals surface area contributed by atoms with Crippen LogP contribution in [0.15, 0.2) is 11.6 Å². The van der Waals surface area contributed by atoms with Crippen molar-refractivity contribution < 1.29 is 23.1 Å². The van der Waals surface area contributed by atoms with Crippen LogP contribution >= 0.6 is 0 Å². The number of hydrogen-bond donors (Lipinski definition) is 4. The van der Waals surface area contributed by atoms with Crippen molar-refractivity contribution in [1.29, 1.82) is 0 Å². The molecule has 0 bridgehead atoms. The number of sulfonamides is 1. The van der Waals surface area contributed by atoms with Gasteiger partial charge < -0.3 is 16.2 Å². The highest BCUT2D eigenvalue weighted by Crippen LogP contribution is 2.25. The standard InChI is InChI=1S/C15H26N4O5S/c1-9(20)17-14-12(16)6-10(15(21)22)7-13(14)19-5-3-4-11(8-19)18-25(2,23)24/h7,11-14,18H,3-6,8,16H2,1-2H3,(H,17,20)(H,21,22)/t11-,12-,13+,14+/m0/s1. The molecule has 1 fully saturated rings. The summed E-state index contributed by atoms with van der Waals surface area (Å²) in [4.78, 5) is 24.9. The highest BCUT2D eigenvalue weighted by molar-refractivity contribution is 7.88. The van der Waals surface area contributed by atoms with Crippen molar-refractivity contribution in [3.63, 3.8) is 0 Å². The Kier molecular flexibility index (Phi) is 6.20. The van der Waals surface area contributed by atoms with Gasteiger partial charge in [-0.05, 0) is 25.8 Å². The summed E-state index contributed by atoms with van der Waals surface area (Å²) in [5, 5.41) is 12.1. The predicted molar refractivity (Wildman–Crippen MR) is 92.3 cm³/mol. The molecule has 142 valence electrons. The average molecular weight is 374 g/mol. The first-order valence-corrected chi connectivity index (χ1v) is 10.1. The number of carboxylic acid groups (broad SMARTS) is 1. The van der Waals surface area contributed by atoms with Gasteiger partial charge in [0.05, 0.1) is 18.3 Å². The van der Waals surface area contributed by atoms with Gasteiger partial charge in [-0.2, -0.15) is 0 Å². The molecule has 1 saturated heterocycles. The molecule has 0 radical (unpaired) electrons. The van der Waals surface area contributed by atoms with Gasteiger partial charge in [0, 0.05) is 31.1 Å². The molecule has 1 heterocycles. The number of amides is 1. The van der Waals surface area contributed by atoms with Crippen LogP contribution in [-0.2, 0) is 19.6 Å². The second-order valence-electron chi connectivity index (χ2n) is 6.81. The zero-order valence-corrected chi connectivity index (χ0v) is 15.3. The molecule has 10 heteroatoms. The summed E-state index contributed by atoms with van der Waals surface area (Å²) in [6, 6.07) is -1.57. The first-order valence-electron chi connectivity index (χ1n) is 8.25. The molecule has 0 aromatic carbocycles. The van der Waals surface area contributed by atoms with Crippen molar-refractivity contribution in [2.75, 3.05) is 19.3 Å². The molecular weight excluding hydrogens is 348 g/mol. The topological polar surface area (TPSA) is 142 Å². The van der Waals surface area contributed by atoms with Gasteiger partial charge in [-0.15, -0.1) is 0 Å². The third-order valence-electron chi connectivity index (χ3n) is 4.56. The lowest BCUT2D eigenvalue weighted by molar-refractivity contribution is -0.133. The van der Waals surface area contributed by atoms with Crippen molar-refractivity contribution in [1.82, 2.24) is 14.9 Å². The number of likely N-dealkylation sites (tertiary alicyclic amines) is 1. The second kappa shape index (κ2) is 7.81. The number of nitrogens with zero attached hydrogens (tertiary/aromatic N) is 1. The van der Waals surface area contributed by atoms with E-state index in [0.717, 1.165) is 12.7 Å². The van der Waals surface area contributed by atoms with E-state index in [-0.39, 0.29) is 30.0 Å². The lowest BCUT2D eigenvalue weighted by Crippen LogP contribution is -2.63. The van der Waals surface area contributed by atoms with Gasteiger partial charge in [0.2, 0.25) is 15.9 Å². The molecule has 0 unspecified atom stereocenters. The Hall–Kier alpha value is -1.49. The summed E-state index contributed by atoms with van der Waals surface area (Å²) in [5.74, 6) is -1.26. The Bertz CT molecular complexity index is 663. The Morgan fingerprint density at radius 1 is 1.40 bits per heavy atom.